The van der Waals surface area contributed by atoms with Crippen LogP contribution < -0.4 is 5.32 Å². The Bertz CT molecular complexity index is 1220. The predicted molar refractivity (Wildman–Crippen MR) is 131 cm³/mol. The first-order chi connectivity index (χ1) is 15.5. The summed E-state index contributed by atoms with van der Waals surface area (Å²) < 4.78 is 2.21. The molecule has 0 aliphatic rings. The third kappa shape index (κ3) is 5.19. The zero-order valence-corrected chi connectivity index (χ0v) is 19.5. The van der Waals surface area contributed by atoms with E-state index in [1.54, 1.807) is 18.0 Å². The van der Waals surface area contributed by atoms with Crippen LogP contribution in [0.3, 0.4) is 0 Å². The van der Waals surface area contributed by atoms with Gasteiger partial charge in [0.05, 0.1) is 23.8 Å². The number of carbonyl (C=O) groups excluding carboxylic acids is 1. The number of amides is 1. The van der Waals surface area contributed by atoms with E-state index < -0.39 is 0 Å². The summed E-state index contributed by atoms with van der Waals surface area (Å²) in [5.41, 5.74) is 6.29. The maximum atomic E-state index is 12.4. The van der Waals surface area contributed by atoms with E-state index in [0.29, 0.717) is 12.1 Å². The van der Waals surface area contributed by atoms with E-state index >= 15 is 0 Å². The highest BCUT2D eigenvalue weighted by molar-refractivity contribution is 7.98. The fourth-order valence-corrected chi connectivity index (χ4v) is 4.47. The van der Waals surface area contributed by atoms with Crippen LogP contribution in [0, 0.1) is 6.92 Å². The van der Waals surface area contributed by atoms with Gasteiger partial charge in [-0.1, -0.05) is 60.6 Å². The van der Waals surface area contributed by atoms with E-state index in [1.807, 2.05) is 43.5 Å². The van der Waals surface area contributed by atoms with Crippen LogP contribution in [0.15, 0.2) is 72.1 Å². The lowest BCUT2D eigenvalue weighted by atomic mass is 10.1. The molecule has 0 fully saturated rings. The number of hydrogen-bond donors (Lipinski definition) is 1. The first kappa shape index (κ1) is 22.1. The van der Waals surface area contributed by atoms with Crippen LogP contribution in [0.25, 0.3) is 11.0 Å². The predicted octanol–water partition coefficient (Wildman–Crippen LogP) is 5.61. The lowest BCUT2D eigenvalue weighted by Crippen LogP contribution is -2.31. The van der Waals surface area contributed by atoms with Crippen LogP contribution in [0.5, 0.6) is 0 Å². The van der Waals surface area contributed by atoms with Crippen molar-refractivity contribution in [2.24, 2.45) is 0 Å². The van der Waals surface area contributed by atoms with Crippen LogP contribution in [-0.2, 0) is 12.3 Å². The lowest BCUT2D eigenvalue weighted by molar-refractivity contribution is 0.0939. The first-order valence-electron chi connectivity index (χ1n) is 10.9. The zero-order chi connectivity index (χ0) is 22.5. The Morgan fingerprint density at radius 2 is 1.94 bits per heavy atom. The SMILES string of the molecule is CC[C@@H](C)NC(=O)c1ccc(Cn2c(SCc3cccc(C)c3)nc3ccncc32)cc1. The Hall–Kier alpha value is -3.12. The number of thioether (sulfide) groups is 1. The first-order valence-corrected chi connectivity index (χ1v) is 11.9. The molecule has 0 saturated heterocycles. The van der Waals surface area contributed by atoms with Gasteiger partial charge in [0.1, 0.15) is 0 Å². The third-order valence-corrected chi connectivity index (χ3v) is 6.56. The van der Waals surface area contributed by atoms with Gasteiger partial charge in [-0.3, -0.25) is 9.78 Å². The maximum Gasteiger partial charge on any atom is 0.251 e. The van der Waals surface area contributed by atoms with E-state index in [0.717, 1.165) is 33.9 Å². The standard InChI is InChI=1S/C26H28N4OS/c1-4-19(3)28-25(31)22-10-8-20(9-11-22)16-30-24-15-27-13-12-23(24)29-26(30)32-17-21-7-5-6-18(2)14-21/h5-15,19H,4,16-17H2,1-3H3,(H,28,31)/t19-/m1/s1. The molecule has 0 aliphatic carbocycles. The summed E-state index contributed by atoms with van der Waals surface area (Å²) in [4.78, 5) is 21.5. The van der Waals surface area contributed by atoms with Crippen LogP contribution in [0.4, 0.5) is 0 Å². The number of pyridine rings is 1. The average Bonchev–Trinajstić information content (AvgIpc) is 3.15. The van der Waals surface area contributed by atoms with E-state index in [1.165, 1.54) is 11.1 Å². The van der Waals surface area contributed by atoms with Gasteiger partial charge in [-0.25, -0.2) is 4.98 Å². The van der Waals surface area contributed by atoms with E-state index in [4.69, 9.17) is 4.98 Å². The topological polar surface area (TPSA) is 59.8 Å². The molecule has 4 aromatic rings. The Labute approximate surface area is 193 Å². The monoisotopic (exact) mass is 444 g/mol. The van der Waals surface area contributed by atoms with Gasteiger partial charge in [-0.15, -0.1) is 0 Å². The van der Waals surface area contributed by atoms with Crippen molar-refractivity contribution >= 4 is 28.7 Å². The van der Waals surface area contributed by atoms with Gasteiger partial charge < -0.3 is 9.88 Å². The molecule has 0 saturated carbocycles. The molecule has 0 bridgehead atoms. The fourth-order valence-electron chi connectivity index (χ4n) is 3.51. The number of benzene rings is 2. The highest BCUT2D eigenvalue weighted by atomic mass is 32.2. The minimum Gasteiger partial charge on any atom is -0.350 e. The van der Waals surface area contributed by atoms with E-state index in [-0.39, 0.29) is 11.9 Å². The van der Waals surface area contributed by atoms with Crippen LogP contribution in [0.2, 0.25) is 0 Å². The van der Waals surface area contributed by atoms with Crippen molar-refractivity contribution in [3.8, 4) is 0 Å². The molecule has 0 spiro atoms. The Morgan fingerprint density at radius 1 is 1.12 bits per heavy atom. The van der Waals surface area contributed by atoms with Crippen LogP contribution in [-0.4, -0.2) is 26.5 Å². The Kier molecular flexibility index (Phi) is 6.90. The minimum absolute atomic E-state index is 0.0300. The molecule has 2 heterocycles. The summed E-state index contributed by atoms with van der Waals surface area (Å²) in [6, 6.07) is 18.5. The number of nitrogens with one attached hydrogen (secondary N) is 1. The Balaban J connectivity index is 1.55. The van der Waals surface area contributed by atoms with Crippen molar-refractivity contribution in [2.75, 3.05) is 0 Å². The molecule has 1 atom stereocenters. The number of imidazole rings is 1. The number of carbonyl (C=O) groups is 1. The van der Waals surface area contributed by atoms with Crippen molar-refractivity contribution in [2.45, 2.75) is 50.7 Å². The number of aryl methyl sites for hydroxylation is 1. The van der Waals surface area contributed by atoms with Crippen LogP contribution >= 0.6 is 11.8 Å². The van der Waals surface area contributed by atoms with Gasteiger partial charge in [-0.2, -0.15) is 0 Å². The molecule has 2 aromatic heterocycles. The summed E-state index contributed by atoms with van der Waals surface area (Å²) in [5, 5.41) is 3.98. The number of fused-ring (bicyclic) bond motifs is 1. The average molecular weight is 445 g/mol. The quantitative estimate of drug-likeness (QED) is 0.359. The second-order valence-corrected chi connectivity index (χ2v) is 9.04. The van der Waals surface area contributed by atoms with Crippen molar-refractivity contribution in [3.05, 3.63) is 89.2 Å². The fraction of sp³-hybridized carbons (Fsp3) is 0.269. The highest BCUT2D eigenvalue weighted by Crippen LogP contribution is 2.27. The van der Waals surface area contributed by atoms with Crippen molar-refractivity contribution < 1.29 is 4.79 Å². The maximum absolute atomic E-state index is 12.4. The van der Waals surface area contributed by atoms with Gasteiger partial charge >= 0.3 is 0 Å². The van der Waals surface area contributed by atoms with Crippen LogP contribution in [0.1, 0.15) is 47.3 Å². The molecular formula is C26H28N4OS. The van der Waals surface area contributed by atoms with Crippen molar-refractivity contribution in [3.63, 3.8) is 0 Å². The summed E-state index contributed by atoms with van der Waals surface area (Å²) in [7, 11) is 0. The smallest absolute Gasteiger partial charge is 0.251 e. The van der Waals surface area contributed by atoms with Gasteiger partial charge in [0.15, 0.2) is 5.16 Å². The summed E-state index contributed by atoms with van der Waals surface area (Å²) in [6.07, 6.45) is 4.56. The van der Waals surface area contributed by atoms with Crippen molar-refractivity contribution in [1.82, 2.24) is 19.9 Å². The van der Waals surface area contributed by atoms with E-state index in [2.05, 4.69) is 53.0 Å². The zero-order valence-electron chi connectivity index (χ0n) is 18.7. The van der Waals surface area contributed by atoms with Gasteiger partial charge in [0.25, 0.3) is 5.91 Å². The number of hydrogen-bond acceptors (Lipinski definition) is 4. The molecule has 32 heavy (non-hydrogen) atoms. The largest absolute Gasteiger partial charge is 0.350 e. The molecule has 6 heteroatoms. The Morgan fingerprint density at radius 3 is 2.69 bits per heavy atom. The normalized spacial score (nSPS) is 12.1. The second kappa shape index (κ2) is 10.0. The third-order valence-electron chi connectivity index (χ3n) is 5.51. The lowest BCUT2D eigenvalue weighted by Gasteiger charge is -2.12. The molecular weight excluding hydrogens is 416 g/mol. The molecule has 0 unspecified atom stereocenters. The van der Waals surface area contributed by atoms with Gasteiger partial charge in [0.2, 0.25) is 0 Å². The second-order valence-electron chi connectivity index (χ2n) is 8.10. The van der Waals surface area contributed by atoms with Crippen molar-refractivity contribution in [1.29, 1.82) is 0 Å². The summed E-state index contributed by atoms with van der Waals surface area (Å²) in [6.45, 7) is 6.86. The highest BCUT2D eigenvalue weighted by Gasteiger charge is 2.13. The molecule has 2 aromatic carbocycles. The molecule has 4 rings (SSSR count). The minimum atomic E-state index is -0.0300. The molecule has 0 aliphatic heterocycles. The van der Waals surface area contributed by atoms with Gasteiger partial charge in [0, 0.05) is 23.6 Å². The summed E-state index contributed by atoms with van der Waals surface area (Å²) >= 11 is 1.73. The molecule has 1 amide bonds. The molecule has 164 valence electrons. The number of aromatic nitrogens is 3. The molecule has 1 N–H and O–H groups in total. The number of rotatable bonds is 8. The summed E-state index contributed by atoms with van der Waals surface area (Å²) in [5.74, 6) is 0.824. The molecule has 0 radical (unpaired) electrons. The number of nitrogens with zero attached hydrogens (tertiary/aromatic N) is 3. The molecule has 5 nitrogen and oxygen atoms in total. The van der Waals surface area contributed by atoms with Gasteiger partial charge in [-0.05, 0) is 49.6 Å². The van der Waals surface area contributed by atoms with E-state index in [9.17, 15) is 4.79 Å².